The van der Waals surface area contributed by atoms with Gasteiger partial charge in [0, 0.05) is 33.0 Å². The van der Waals surface area contributed by atoms with E-state index in [0.717, 1.165) is 138 Å². The molecule has 7 unspecified atom stereocenters. The van der Waals surface area contributed by atoms with Crippen molar-refractivity contribution in [3.05, 3.63) is 35.4 Å². The van der Waals surface area contributed by atoms with Crippen LogP contribution in [0.4, 0.5) is 0 Å². The zero-order valence-corrected chi connectivity index (χ0v) is 58.0. The van der Waals surface area contributed by atoms with Gasteiger partial charge < -0.3 is 14.4 Å². The Morgan fingerprint density at radius 3 is 1.17 bits per heavy atom. The van der Waals surface area contributed by atoms with Gasteiger partial charge in [0.15, 0.2) is 0 Å². The van der Waals surface area contributed by atoms with Gasteiger partial charge in [-0.15, -0.1) is 0 Å². The molecule has 9 rings (SSSR count). The van der Waals surface area contributed by atoms with Crippen LogP contribution in [-0.2, 0) is 15.9 Å². The first-order valence-electron chi connectivity index (χ1n) is 33.6. The highest BCUT2D eigenvalue weighted by Gasteiger charge is 2.47. The van der Waals surface area contributed by atoms with Crippen LogP contribution in [0.1, 0.15) is 275 Å². The van der Waals surface area contributed by atoms with Crippen LogP contribution in [0, 0.1) is 124 Å². The fourth-order valence-corrected chi connectivity index (χ4v) is 11.5. The van der Waals surface area contributed by atoms with E-state index in [9.17, 15) is 0 Å². The minimum Gasteiger partial charge on any atom is -0.381 e. The smallest absolute Gasteiger partial charge is 0.0496 e. The van der Waals surface area contributed by atoms with Crippen LogP contribution < -0.4 is 0 Å². The van der Waals surface area contributed by atoms with Gasteiger partial charge in [0.1, 0.15) is 0 Å². The van der Waals surface area contributed by atoms with Crippen LogP contribution in [-0.4, -0.2) is 51.5 Å². The van der Waals surface area contributed by atoms with E-state index >= 15 is 0 Å². The van der Waals surface area contributed by atoms with Crippen molar-refractivity contribution >= 4 is 0 Å². The molecule has 77 heavy (non-hydrogen) atoms. The lowest BCUT2D eigenvalue weighted by Crippen LogP contribution is -2.21. The summed E-state index contributed by atoms with van der Waals surface area (Å²) in [4.78, 5) is 2.44. The summed E-state index contributed by atoms with van der Waals surface area (Å²) in [6.07, 6.45) is 19.5. The highest BCUT2D eigenvalue weighted by molar-refractivity contribution is 5.21. The van der Waals surface area contributed by atoms with Crippen molar-refractivity contribution in [1.82, 2.24) is 4.90 Å². The van der Waals surface area contributed by atoms with Gasteiger partial charge in [-0.2, -0.15) is 0 Å². The van der Waals surface area contributed by atoms with Crippen LogP contribution in [0.3, 0.4) is 0 Å². The first-order chi connectivity index (χ1) is 35.7. The van der Waals surface area contributed by atoms with Gasteiger partial charge in [0.05, 0.1) is 0 Å². The quantitative estimate of drug-likeness (QED) is 0.220. The Hall–Kier alpha value is -0.900. The first-order valence-corrected chi connectivity index (χ1v) is 33.6. The van der Waals surface area contributed by atoms with Gasteiger partial charge in [-0.3, -0.25) is 0 Å². The van der Waals surface area contributed by atoms with Gasteiger partial charge in [-0.1, -0.05) is 210 Å². The lowest BCUT2D eigenvalue weighted by molar-refractivity contribution is 0.0373. The Labute approximate surface area is 487 Å². The third kappa shape index (κ3) is 36.3. The minimum atomic E-state index is 0.689. The standard InChI is InChI=1S/C11H16.C9H19N.2C8H16O.C8H16.4C7H14.C2H6/c1-9(2)8-11-6-4-10(3)5-7-11;1-8(2)6-9-4-5-10(3)7-9;1-7(2)8-3-5-9-6-4-8;1-7(2)8-4-3-5-9-6-8;1-6(2)7-5-8(7,3)4;2*1-6(2)7(3)4-5-7;2*1-5(2)7-4-6(7)3;1-2/h4-7,9H,8H2,1-3H3;8-9H,4-7H2,1-3H3;2*7-8H,3-6H2,1-2H3;6-7H,5H2,1-4H3;2*6H,4-5H2,1-3H3;2*5-7H,4H2,1-3H3;1-2H3. The van der Waals surface area contributed by atoms with Crippen molar-refractivity contribution in [1.29, 1.82) is 0 Å². The van der Waals surface area contributed by atoms with Crippen molar-refractivity contribution in [2.24, 2.45) is 117 Å². The van der Waals surface area contributed by atoms with Gasteiger partial charge in [-0.25, -0.2) is 0 Å². The van der Waals surface area contributed by atoms with Crippen molar-refractivity contribution in [2.45, 2.75) is 277 Å². The summed E-state index contributed by atoms with van der Waals surface area (Å²) < 4.78 is 10.6. The minimum absolute atomic E-state index is 0.689. The fourth-order valence-electron chi connectivity index (χ4n) is 11.5. The number of hydrogen-bond donors (Lipinski definition) is 0. The summed E-state index contributed by atoms with van der Waals surface area (Å²) in [5, 5.41) is 0. The molecule has 0 spiro atoms. The Morgan fingerprint density at radius 1 is 0.545 bits per heavy atom. The van der Waals surface area contributed by atoms with E-state index in [1.807, 2.05) is 13.8 Å². The molecule has 5 saturated carbocycles. The van der Waals surface area contributed by atoms with E-state index in [2.05, 4.69) is 209 Å². The van der Waals surface area contributed by atoms with Crippen LogP contribution in [0.15, 0.2) is 24.3 Å². The molecule has 7 atom stereocenters. The van der Waals surface area contributed by atoms with E-state index in [1.165, 1.54) is 114 Å². The maximum Gasteiger partial charge on any atom is 0.0496 e. The van der Waals surface area contributed by atoms with Gasteiger partial charge in [-0.05, 0) is 233 Å². The molecular formula is C74H145NO2. The summed E-state index contributed by atoms with van der Waals surface area (Å²) in [6.45, 7) is 68.3. The highest BCUT2D eigenvalue weighted by Crippen LogP contribution is 2.55. The Kier molecular flexibility index (Phi) is 38.3. The second-order valence-corrected chi connectivity index (χ2v) is 30.9. The second kappa shape index (κ2) is 38.8. The lowest BCUT2D eigenvalue weighted by atomic mass is 9.89. The monoisotopic (exact) mass is 1080 g/mol. The average Bonchev–Trinajstić information content (AvgIpc) is 4.10. The zero-order chi connectivity index (χ0) is 59.4. The predicted octanol–water partition coefficient (Wildman–Crippen LogP) is 22.5. The van der Waals surface area contributed by atoms with Crippen molar-refractivity contribution < 1.29 is 9.47 Å². The van der Waals surface area contributed by atoms with E-state index in [1.54, 1.807) is 0 Å². The molecule has 0 aromatic heterocycles. The van der Waals surface area contributed by atoms with E-state index in [4.69, 9.17) is 9.47 Å². The van der Waals surface area contributed by atoms with Crippen LogP contribution in [0.25, 0.3) is 0 Å². The van der Waals surface area contributed by atoms with E-state index in [0.29, 0.717) is 5.41 Å². The fraction of sp³-hybridized carbons (Fsp3) is 0.919. The van der Waals surface area contributed by atoms with Gasteiger partial charge in [0.25, 0.3) is 0 Å². The van der Waals surface area contributed by atoms with Gasteiger partial charge >= 0.3 is 0 Å². The molecule has 5 aliphatic carbocycles. The Morgan fingerprint density at radius 2 is 0.974 bits per heavy atom. The summed E-state index contributed by atoms with van der Waals surface area (Å²) in [6, 6.07) is 8.79. The summed E-state index contributed by atoms with van der Waals surface area (Å²) in [7, 11) is 2.22. The third-order valence-electron chi connectivity index (χ3n) is 19.7. The van der Waals surface area contributed by atoms with Crippen LogP contribution >= 0.6 is 0 Å². The first kappa shape index (κ1) is 76.1. The molecule has 3 saturated heterocycles. The maximum absolute atomic E-state index is 5.34. The Balaban J connectivity index is 0.000000844. The number of aryl methyl sites for hydroxylation is 1. The summed E-state index contributed by atoms with van der Waals surface area (Å²) in [5.41, 5.74) is 4.98. The third-order valence-corrected chi connectivity index (χ3v) is 19.7. The van der Waals surface area contributed by atoms with Gasteiger partial charge in [0.2, 0.25) is 0 Å². The summed E-state index contributed by atoms with van der Waals surface area (Å²) in [5.74, 6) is 15.9. The normalized spacial score (nSPS) is 26.6. The highest BCUT2D eigenvalue weighted by atomic mass is 16.5. The molecular weight excluding hydrogens is 935 g/mol. The van der Waals surface area contributed by atoms with Crippen LogP contribution in [0.5, 0.6) is 0 Å². The van der Waals surface area contributed by atoms with Crippen LogP contribution in [0.2, 0.25) is 0 Å². The summed E-state index contributed by atoms with van der Waals surface area (Å²) >= 11 is 0. The molecule has 458 valence electrons. The number of rotatable bonds is 11. The molecule has 3 heteroatoms. The molecule has 3 heterocycles. The Bertz CT molecular complexity index is 1460. The SMILES string of the molecule is CC.CC(C)C1(C)CC1.CC(C)C1(C)CC1.CC(C)C1CC1(C)C.CC(C)C1CC1C.CC(C)C1CC1C.CC(C)C1CCCOC1.CC(C)C1CCOCC1.CC(C)CC1CCN(C)C1.Cc1ccc(CC(C)C)cc1. The number of benzene rings is 1. The molecule has 3 nitrogen and oxygen atoms in total. The average molecular weight is 1080 g/mol. The number of ether oxygens (including phenoxy) is 2. The lowest BCUT2D eigenvalue weighted by Gasteiger charge is -2.24. The molecule has 8 aliphatic rings. The van der Waals surface area contributed by atoms with Crippen molar-refractivity contribution in [3.8, 4) is 0 Å². The molecule has 1 aromatic carbocycles. The maximum atomic E-state index is 5.34. The molecule has 0 bridgehead atoms. The van der Waals surface area contributed by atoms with Crippen molar-refractivity contribution in [3.63, 3.8) is 0 Å². The van der Waals surface area contributed by atoms with E-state index in [-0.39, 0.29) is 0 Å². The van der Waals surface area contributed by atoms with Crippen molar-refractivity contribution in [2.75, 3.05) is 46.6 Å². The number of hydrogen-bond acceptors (Lipinski definition) is 3. The number of likely N-dealkylation sites (tertiary alicyclic amines) is 1. The second-order valence-electron chi connectivity index (χ2n) is 30.9. The molecule has 0 N–H and O–H groups in total. The molecule has 3 aliphatic heterocycles. The largest absolute Gasteiger partial charge is 0.381 e. The predicted molar refractivity (Wildman–Crippen MR) is 348 cm³/mol. The molecule has 8 fully saturated rings. The van der Waals surface area contributed by atoms with E-state index < -0.39 is 0 Å². The molecule has 0 amide bonds. The molecule has 0 radical (unpaired) electrons. The number of nitrogens with zero attached hydrogens (tertiary/aromatic N) is 1. The molecule has 1 aromatic rings. The topological polar surface area (TPSA) is 21.7 Å². The zero-order valence-electron chi connectivity index (χ0n) is 58.0.